The van der Waals surface area contributed by atoms with Crippen molar-refractivity contribution in [2.75, 3.05) is 13.1 Å². The van der Waals surface area contributed by atoms with Crippen LogP contribution < -0.4 is 5.73 Å². The van der Waals surface area contributed by atoms with Crippen molar-refractivity contribution in [1.29, 1.82) is 0 Å². The molecule has 1 amide bonds. The Hall–Kier alpha value is -1.46. The summed E-state index contributed by atoms with van der Waals surface area (Å²) in [5.74, 6) is 0.926. The lowest BCUT2D eigenvalue weighted by Gasteiger charge is -2.49. The fourth-order valence-corrected chi connectivity index (χ4v) is 4.98. The van der Waals surface area contributed by atoms with E-state index in [4.69, 9.17) is 10.7 Å². The molecule has 110 valence electrons. The van der Waals surface area contributed by atoms with Crippen LogP contribution in [0, 0.1) is 5.92 Å². The number of pyridine rings is 1. The molecule has 0 radical (unpaired) electrons. The number of carbonyl (C=O) groups excluding carboxylic acids is 1. The quantitative estimate of drug-likeness (QED) is 0.927. The fraction of sp³-hybridized carbons (Fsp3) is 0.500. The van der Waals surface area contributed by atoms with E-state index in [1.165, 1.54) is 43.0 Å². The molecule has 5 heteroatoms. The summed E-state index contributed by atoms with van der Waals surface area (Å²) in [7, 11) is 0. The van der Waals surface area contributed by atoms with Gasteiger partial charge in [-0.15, -0.1) is 11.3 Å². The fourth-order valence-electron chi connectivity index (χ4n) is 4.05. The van der Waals surface area contributed by atoms with Gasteiger partial charge in [0.1, 0.15) is 0 Å². The second kappa shape index (κ2) is 4.78. The number of fused-ring (bicyclic) bond motifs is 4. The summed E-state index contributed by atoms with van der Waals surface area (Å²) in [4.78, 5) is 19.2. The Balaban J connectivity index is 1.74. The van der Waals surface area contributed by atoms with Crippen molar-refractivity contribution < 1.29 is 4.79 Å². The summed E-state index contributed by atoms with van der Waals surface area (Å²) in [6.07, 6.45) is 4.47. The number of hydrogen-bond donors (Lipinski definition) is 1. The van der Waals surface area contributed by atoms with Crippen LogP contribution in [0.4, 0.5) is 0 Å². The molecule has 21 heavy (non-hydrogen) atoms. The Bertz CT molecular complexity index is 701. The Labute approximate surface area is 128 Å². The summed E-state index contributed by atoms with van der Waals surface area (Å²) < 4.78 is 1.12. The zero-order valence-corrected chi connectivity index (χ0v) is 12.9. The van der Waals surface area contributed by atoms with Crippen LogP contribution >= 0.6 is 11.3 Å². The number of rotatable bonds is 2. The van der Waals surface area contributed by atoms with Crippen LogP contribution in [-0.2, 0) is 0 Å². The van der Waals surface area contributed by atoms with Crippen LogP contribution in [0.1, 0.15) is 41.0 Å². The summed E-state index contributed by atoms with van der Waals surface area (Å²) >= 11 is 1.48. The zero-order valence-electron chi connectivity index (χ0n) is 12.1. The van der Waals surface area contributed by atoms with Crippen molar-refractivity contribution >= 4 is 27.3 Å². The van der Waals surface area contributed by atoms with Crippen molar-refractivity contribution in [3.05, 3.63) is 28.9 Å². The lowest BCUT2D eigenvalue weighted by molar-refractivity contribution is 0.0335. The molecule has 3 fully saturated rings. The summed E-state index contributed by atoms with van der Waals surface area (Å²) in [5.41, 5.74) is 6.56. The van der Waals surface area contributed by atoms with E-state index in [9.17, 15) is 4.79 Å². The molecular weight excluding hydrogens is 282 g/mol. The van der Waals surface area contributed by atoms with Crippen LogP contribution in [-0.4, -0.2) is 34.9 Å². The normalized spacial score (nSPS) is 31.7. The van der Waals surface area contributed by atoms with Gasteiger partial charge >= 0.3 is 0 Å². The van der Waals surface area contributed by atoms with Crippen LogP contribution in [0.5, 0.6) is 0 Å². The Morgan fingerprint density at radius 3 is 2.81 bits per heavy atom. The van der Waals surface area contributed by atoms with E-state index in [1.54, 1.807) is 0 Å². The van der Waals surface area contributed by atoms with Gasteiger partial charge in [0.05, 0.1) is 4.88 Å². The molecule has 0 spiro atoms. The zero-order chi connectivity index (χ0) is 14.6. The third-order valence-electron chi connectivity index (χ3n) is 5.18. The van der Waals surface area contributed by atoms with Crippen molar-refractivity contribution in [1.82, 2.24) is 9.88 Å². The molecule has 0 aliphatic carbocycles. The first-order valence-corrected chi connectivity index (χ1v) is 8.38. The van der Waals surface area contributed by atoms with Crippen LogP contribution in [0.25, 0.3) is 10.1 Å². The van der Waals surface area contributed by atoms with Gasteiger partial charge in [0.25, 0.3) is 5.91 Å². The summed E-state index contributed by atoms with van der Waals surface area (Å²) in [5, 5.41) is 1.02. The molecule has 0 unspecified atom stereocenters. The van der Waals surface area contributed by atoms with Crippen molar-refractivity contribution in [2.45, 2.75) is 31.7 Å². The number of thiophene rings is 1. The molecule has 2 bridgehead atoms. The SMILES string of the molecule is C[C@H]1[C@H](c2cc3sc(C(N)=O)cc3cn2)C2CCN1CC2. The monoisotopic (exact) mass is 301 g/mol. The standard InChI is InChI=1S/C16H19N3OS/c1-9-15(10-2-4-19(9)5-3-10)12-7-13-11(8-18-12)6-14(21-13)16(17)20/h6-10,15H,2-5H2,1H3,(H2,17,20)/t9-,15-/m0/s1. The molecule has 2 aromatic heterocycles. The van der Waals surface area contributed by atoms with Crippen LogP contribution in [0.3, 0.4) is 0 Å². The van der Waals surface area contributed by atoms with E-state index in [2.05, 4.69) is 17.9 Å². The number of nitrogens with zero attached hydrogens (tertiary/aromatic N) is 2. The third-order valence-corrected chi connectivity index (χ3v) is 6.30. The molecule has 2 aromatic rings. The minimum Gasteiger partial charge on any atom is -0.365 e. The Kier molecular flexibility index (Phi) is 3.01. The number of piperidine rings is 3. The first kappa shape index (κ1) is 13.2. The third kappa shape index (κ3) is 2.07. The largest absolute Gasteiger partial charge is 0.365 e. The maximum absolute atomic E-state index is 11.3. The molecule has 3 aliphatic heterocycles. The van der Waals surface area contributed by atoms with Gasteiger partial charge in [0.2, 0.25) is 0 Å². The highest BCUT2D eigenvalue weighted by Gasteiger charge is 2.41. The molecule has 0 aromatic carbocycles. The number of aromatic nitrogens is 1. The minimum atomic E-state index is -0.353. The van der Waals surface area contributed by atoms with E-state index in [0.717, 1.165) is 16.0 Å². The first-order chi connectivity index (χ1) is 10.1. The highest BCUT2D eigenvalue weighted by Crippen LogP contribution is 2.43. The second-order valence-corrected chi connectivity index (χ2v) is 7.35. The Morgan fingerprint density at radius 1 is 1.38 bits per heavy atom. The number of hydrogen-bond acceptors (Lipinski definition) is 4. The lowest BCUT2D eigenvalue weighted by atomic mass is 9.72. The maximum Gasteiger partial charge on any atom is 0.258 e. The molecule has 5 heterocycles. The molecule has 4 nitrogen and oxygen atoms in total. The van der Waals surface area contributed by atoms with Crippen molar-refractivity contribution in [3.63, 3.8) is 0 Å². The van der Waals surface area contributed by atoms with Gasteiger partial charge < -0.3 is 5.73 Å². The molecular formula is C16H19N3OS. The molecule has 3 saturated heterocycles. The van der Waals surface area contributed by atoms with E-state index in [0.29, 0.717) is 16.8 Å². The summed E-state index contributed by atoms with van der Waals surface area (Å²) in [6.45, 7) is 4.79. The molecule has 5 rings (SSSR count). The number of primary amides is 1. The topological polar surface area (TPSA) is 59.2 Å². The predicted octanol–water partition coefficient (Wildman–Crippen LogP) is 2.59. The molecule has 2 atom stereocenters. The molecule has 2 N–H and O–H groups in total. The van der Waals surface area contributed by atoms with Crippen LogP contribution in [0.2, 0.25) is 0 Å². The van der Waals surface area contributed by atoms with E-state index >= 15 is 0 Å². The smallest absolute Gasteiger partial charge is 0.258 e. The van der Waals surface area contributed by atoms with Gasteiger partial charge in [-0.3, -0.25) is 14.7 Å². The van der Waals surface area contributed by atoms with Gasteiger partial charge in [-0.05, 0) is 50.9 Å². The number of nitrogens with two attached hydrogens (primary N) is 1. The molecule has 3 aliphatic rings. The van der Waals surface area contributed by atoms with Crippen LogP contribution in [0.15, 0.2) is 18.3 Å². The van der Waals surface area contributed by atoms with Gasteiger partial charge in [0.15, 0.2) is 0 Å². The number of amides is 1. The highest BCUT2D eigenvalue weighted by atomic mass is 32.1. The number of carbonyl (C=O) groups is 1. The van der Waals surface area contributed by atoms with Gasteiger partial charge in [0, 0.05) is 33.9 Å². The van der Waals surface area contributed by atoms with Crippen molar-refractivity contribution in [2.24, 2.45) is 11.7 Å². The lowest BCUT2D eigenvalue weighted by Crippen LogP contribution is -2.52. The maximum atomic E-state index is 11.3. The first-order valence-electron chi connectivity index (χ1n) is 7.57. The minimum absolute atomic E-state index is 0.353. The van der Waals surface area contributed by atoms with E-state index in [1.807, 2.05) is 12.3 Å². The highest BCUT2D eigenvalue weighted by molar-refractivity contribution is 7.20. The predicted molar refractivity (Wildman–Crippen MR) is 84.6 cm³/mol. The van der Waals surface area contributed by atoms with Gasteiger partial charge in [-0.1, -0.05) is 0 Å². The average Bonchev–Trinajstić information content (AvgIpc) is 2.91. The second-order valence-electron chi connectivity index (χ2n) is 6.26. The van der Waals surface area contributed by atoms with E-state index < -0.39 is 0 Å². The summed E-state index contributed by atoms with van der Waals surface area (Å²) in [6, 6.07) is 4.59. The van der Waals surface area contributed by atoms with Gasteiger partial charge in [-0.2, -0.15) is 0 Å². The van der Waals surface area contributed by atoms with Gasteiger partial charge in [-0.25, -0.2) is 0 Å². The van der Waals surface area contributed by atoms with Crippen molar-refractivity contribution in [3.8, 4) is 0 Å². The Morgan fingerprint density at radius 2 is 2.14 bits per heavy atom. The molecule has 0 saturated carbocycles. The van der Waals surface area contributed by atoms with E-state index in [-0.39, 0.29) is 5.91 Å². The average molecular weight is 301 g/mol.